The Kier molecular flexibility index (Phi) is 4.28. The van der Waals surface area contributed by atoms with Crippen LogP contribution < -0.4 is 0 Å². The van der Waals surface area contributed by atoms with Gasteiger partial charge in [0.1, 0.15) is 5.65 Å². The van der Waals surface area contributed by atoms with Crippen molar-refractivity contribution in [3.05, 3.63) is 150 Å². The highest BCUT2D eigenvalue weighted by Crippen LogP contribution is 2.64. The van der Waals surface area contributed by atoms with Crippen LogP contribution in [0.15, 0.2) is 134 Å². The Morgan fingerprint density at radius 1 is 0.700 bits per heavy atom. The number of hydrogen-bond acceptors (Lipinski definition) is 1. The first-order valence-corrected chi connectivity index (χ1v) is 14.0. The van der Waals surface area contributed by atoms with E-state index in [0.29, 0.717) is 0 Å². The standard InChI is InChI=1S/C38H26N2/c1-38-33-16-7-17-34(38)29-13-4-5-14-30(29)35(38)21-20-27(33)25-10-6-11-26(23-25)40-36-28-12-3-2-9-24(28)18-19-31(36)32-15-8-22-39-37(32)40/h2-23,33H,1H3/t33?,38-/m0/s1. The molecule has 3 aliphatic rings. The van der Waals surface area contributed by atoms with Gasteiger partial charge in [-0.2, -0.15) is 0 Å². The van der Waals surface area contributed by atoms with Gasteiger partial charge in [-0.15, -0.1) is 0 Å². The molecule has 0 aliphatic heterocycles. The predicted molar refractivity (Wildman–Crippen MR) is 167 cm³/mol. The Morgan fingerprint density at radius 3 is 2.40 bits per heavy atom. The van der Waals surface area contributed by atoms with Crippen molar-refractivity contribution in [1.29, 1.82) is 0 Å². The van der Waals surface area contributed by atoms with Crippen molar-refractivity contribution in [2.24, 2.45) is 11.3 Å². The molecule has 3 aliphatic carbocycles. The SMILES string of the molecule is C[C@@]12C3=CC=CC1C(c1cccc(-n4c5ncccc5c5ccc6ccccc6c54)c1)=CC=C2c1ccccc13. The van der Waals surface area contributed by atoms with Crippen LogP contribution in [0, 0.1) is 11.3 Å². The van der Waals surface area contributed by atoms with Gasteiger partial charge < -0.3 is 0 Å². The summed E-state index contributed by atoms with van der Waals surface area (Å²) in [6, 6.07) is 35.3. The van der Waals surface area contributed by atoms with Gasteiger partial charge in [-0.3, -0.25) is 4.57 Å². The van der Waals surface area contributed by atoms with E-state index in [0.717, 1.165) is 11.3 Å². The number of benzene rings is 4. The van der Waals surface area contributed by atoms with Crippen molar-refractivity contribution in [1.82, 2.24) is 9.55 Å². The molecule has 0 N–H and O–H groups in total. The monoisotopic (exact) mass is 510 g/mol. The average molecular weight is 511 g/mol. The highest BCUT2D eigenvalue weighted by Gasteiger charge is 2.50. The van der Waals surface area contributed by atoms with Crippen LogP contribution in [0.5, 0.6) is 0 Å². The van der Waals surface area contributed by atoms with Crippen LogP contribution in [0.3, 0.4) is 0 Å². The first kappa shape index (κ1) is 21.9. The maximum atomic E-state index is 4.89. The second-order valence-electron chi connectivity index (χ2n) is 11.3. The van der Waals surface area contributed by atoms with Gasteiger partial charge in [0.25, 0.3) is 0 Å². The number of nitrogens with zero attached hydrogens (tertiary/aromatic N) is 2. The van der Waals surface area contributed by atoms with E-state index in [1.165, 1.54) is 60.5 Å². The molecule has 0 bridgehead atoms. The first-order chi connectivity index (χ1) is 19.7. The van der Waals surface area contributed by atoms with E-state index in [2.05, 4.69) is 133 Å². The van der Waals surface area contributed by atoms with Gasteiger partial charge in [-0.1, -0.05) is 110 Å². The van der Waals surface area contributed by atoms with Crippen LogP contribution in [0.4, 0.5) is 0 Å². The fourth-order valence-corrected chi connectivity index (χ4v) is 7.62. The Labute approximate surface area is 232 Å². The largest absolute Gasteiger partial charge is 0.293 e. The molecule has 40 heavy (non-hydrogen) atoms. The molecule has 0 radical (unpaired) electrons. The van der Waals surface area contributed by atoms with Crippen LogP contribution in [0.1, 0.15) is 23.6 Å². The normalized spacial score (nSPS) is 20.8. The molecule has 0 saturated heterocycles. The highest BCUT2D eigenvalue weighted by molar-refractivity contribution is 6.17. The Hall–Kier alpha value is -4.95. The highest BCUT2D eigenvalue weighted by atomic mass is 15.0. The van der Waals surface area contributed by atoms with Gasteiger partial charge >= 0.3 is 0 Å². The second-order valence-corrected chi connectivity index (χ2v) is 11.3. The number of aromatic nitrogens is 2. The third-order valence-corrected chi connectivity index (χ3v) is 9.43. The average Bonchev–Trinajstić information content (AvgIpc) is 3.48. The summed E-state index contributed by atoms with van der Waals surface area (Å²) in [5.74, 6) is 0.271. The lowest BCUT2D eigenvalue weighted by molar-refractivity contribution is 0.513. The van der Waals surface area contributed by atoms with E-state index >= 15 is 0 Å². The minimum absolute atomic E-state index is 0.0663. The third-order valence-electron chi connectivity index (χ3n) is 9.43. The number of pyridine rings is 1. The van der Waals surface area contributed by atoms with Crippen molar-refractivity contribution in [2.75, 3.05) is 0 Å². The lowest BCUT2D eigenvalue weighted by Crippen LogP contribution is -2.29. The number of rotatable bonds is 2. The zero-order valence-corrected chi connectivity index (χ0v) is 22.2. The summed E-state index contributed by atoms with van der Waals surface area (Å²) in [5, 5.41) is 4.90. The molecule has 2 aromatic heterocycles. The van der Waals surface area contributed by atoms with Gasteiger partial charge in [-0.05, 0) is 63.1 Å². The maximum Gasteiger partial charge on any atom is 0.145 e. The molecule has 4 aromatic carbocycles. The van der Waals surface area contributed by atoms with E-state index in [9.17, 15) is 0 Å². The summed E-state index contributed by atoms with van der Waals surface area (Å²) < 4.78 is 2.36. The maximum absolute atomic E-state index is 4.89. The molecule has 0 fully saturated rings. The van der Waals surface area contributed by atoms with Crippen molar-refractivity contribution < 1.29 is 0 Å². The second kappa shape index (κ2) is 7.80. The quantitative estimate of drug-likeness (QED) is 0.227. The molecule has 1 unspecified atom stereocenters. The first-order valence-electron chi connectivity index (χ1n) is 14.0. The van der Waals surface area contributed by atoms with Gasteiger partial charge in [0.05, 0.1) is 5.52 Å². The van der Waals surface area contributed by atoms with Gasteiger partial charge in [0.2, 0.25) is 0 Å². The summed E-state index contributed by atoms with van der Waals surface area (Å²) in [6.45, 7) is 2.43. The molecule has 2 heteroatoms. The Morgan fingerprint density at radius 2 is 1.50 bits per heavy atom. The van der Waals surface area contributed by atoms with E-state index in [-0.39, 0.29) is 11.3 Å². The molecule has 2 nitrogen and oxygen atoms in total. The fourth-order valence-electron chi connectivity index (χ4n) is 7.62. The summed E-state index contributed by atoms with van der Waals surface area (Å²) in [4.78, 5) is 4.89. The van der Waals surface area contributed by atoms with Crippen LogP contribution in [0.25, 0.3) is 55.1 Å². The number of hydrogen-bond donors (Lipinski definition) is 0. The molecule has 2 heterocycles. The minimum atomic E-state index is -0.0663. The molecule has 9 rings (SSSR count). The van der Waals surface area contributed by atoms with E-state index in [4.69, 9.17) is 4.98 Å². The number of fused-ring (bicyclic) bond motifs is 8. The van der Waals surface area contributed by atoms with Crippen LogP contribution in [0.2, 0.25) is 0 Å². The molecular formula is C38H26N2. The Bertz CT molecular complexity index is 2180. The molecule has 0 amide bonds. The molecule has 188 valence electrons. The molecule has 0 spiro atoms. The van der Waals surface area contributed by atoms with Crippen molar-refractivity contribution in [3.63, 3.8) is 0 Å². The van der Waals surface area contributed by atoms with E-state index in [1.807, 2.05) is 12.3 Å². The summed E-state index contributed by atoms with van der Waals surface area (Å²) >= 11 is 0. The van der Waals surface area contributed by atoms with Crippen LogP contribution >= 0.6 is 0 Å². The van der Waals surface area contributed by atoms with E-state index in [1.54, 1.807) is 0 Å². The van der Waals surface area contributed by atoms with Crippen LogP contribution in [-0.2, 0) is 0 Å². The zero-order valence-electron chi connectivity index (χ0n) is 22.2. The van der Waals surface area contributed by atoms with Gasteiger partial charge in [0, 0.05) is 39.4 Å². The predicted octanol–water partition coefficient (Wildman–Crippen LogP) is 9.40. The van der Waals surface area contributed by atoms with Gasteiger partial charge in [0.15, 0.2) is 0 Å². The van der Waals surface area contributed by atoms with Crippen molar-refractivity contribution in [3.8, 4) is 5.69 Å². The number of allylic oxidation sites excluding steroid dienone is 8. The van der Waals surface area contributed by atoms with Crippen LogP contribution in [-0.4, -0.2) is 9.55 Å². The Balaban J connectivity index is 1.28. The van der Waals surface area contributed by atoms with Crippen molar-refractivity contribution in [2.45, 2.75) is 6.92 Å². The fraction of sp³-hybridized carbons (Fsp3) is 0.0789. The van der Waals surface area contributed by atoms with Gasteiger partial charge in [-0.25, -0.2) is 4.98 Å². The summed E-state index contributed by atoms with van der Waals surface area (Å²) in [6.07, 6.45) is 13.6. The summed E-state index contributed by atoms with van der Waals surface area (Å²) in [5.41, 5.74) is 11.5. The molecule has 2 atom stereocenters. The van der Waals surface area contributed by atoms with Crippen molar-refractivity contribution >= 4 is 49.4 Å². The lowest BCUT2D eigenvalue weighted by atomic mass is 9.61. The lowest BCUT2D eigenvalue weighted by Gasteiger charge is -2.41. The van der Waals surface area contributed by atoms with E-state index < -0.39 is 0 Å². The zero-order chi connectivity index (χ0) is 26.4. The minimum Gasteiger partial charge on any atom is -0.293 e. The third kappa shape index (κ3) is 2.70. The molecule has 0 saturated carbocycles. The molecular weight excluding hydrogens is 484 g/mol. The molecule has 6 aromatic rings. The topological polar surface area (TPSA) is 17.8 Å². The smallest absolute Gasteiger partial charge is 0.145 e. The summed E-state index contributed by atoms with van der Waals surface area (Å²) in [7, 11) is 0.